The zero-order chi connectivity index (χ0) is 13.8. The van der Waals surface area contributed by atoms with E-state index in [1.807, 2.05) is 6.92 Å². The first-order valence-electron chi connectivity index (χ1n) is 5.87. The third kappa shape index (κ3) is 3.20. The van der Waals surface area contributed by atoms with Crippen molar-refractivity contribution in [2.75, 3.05) is 5.32 Å². The summed E-state index contributed by atoms with van der Waals surface area (Å²) in [6, 6.07) is 1.84. The van der Waals surface area contributed by atoms with E-state index in [0.29, 0.717) is 5.82 Å². The van der Waals surface area contributed by atoms with Crippen LogP contribution in [0, 0.1) is 11.6 Å². The molecule has 0 bridgehead atoms. The lowest BCUT2D eigenvalue weighted by molar-refractivity contribution is 0.570. The summed E-state index contributed by atoms with van der Waals surface area (Å²) in [5.41, 5.74) is 0.0640. The zero-order valence-corrected chi connectivity index (χ0v) is 11.1. The molecule has 0 unspecified atom stereocenters. The molecule has 0 aliphatic heterocycles. The highest BCUT2D eigenvalue weighted by Crippen LogP contribution is 2.26. The SMILES string of the molecule is CCCn1ncnc1CNc1c(F)cc(F)cc1Cl. The van der Waals surface area contributed by atoms with Crippen LogP contribution in [0.5, 0.6) is 0 Å². The van der Waals surface area contributed by atoms with Crippen molar-refractivity contribution in [3.05, 3.63) is 40.9 Å². The molecule has 19 heavy (non-hydrogen) atoms. The predicted octanol–water partition coefficient (Wildman–Crippen LogP) is 3.23. The Morgan fingerprint density at radius 3 is 2.84 bits per heavy atom. The van der Waals surface area contributed by atoms with Crippen LogP contribution in [0.4, 0.5) is 14.5 Å². The van der Waals surface area contributed by atoms with E-state index in [2.05, 4.69) is 15.4 Å². The van der Waals surface area contributed by atoms with Crippen molar-refractivity contribution in [3.8, 4) is 0 Å². The van der Waals surface area contributed by atoms with Gasteiger partial charge in [0.05, 0.1) is 17.3 Å². The number of halogens is 3. The topological polar surface area (TPSA) is 42.7 Å². The quantitative estimate of drug-likeness (QED) is 0.917. The number of hydrogen-bond donors (Lipinski definition) is 1. The van der Waals surface area contributed by atoms with Crippen LogP contribution in [-0.2, 0) is 13.1 Å². The zero-order valence-electron chi connectivity index (χ0n) is 10.3. The molecule has 1 heterocycles. The third-order valence-corrected chi connectivity index (χ3v) is 2.86. The van der Waals surface area contributed by atoms with Gasteiger partial charge in [-0.15, -0.1) is 0 Å². The number of aryl methyl sites for hydroxylation is 1. The second-order valence-electron chi connectivity index (χ2n) is 4.00. The molecule has 0 saturated heterocycles. The van der Waals surface area contributed by atoms with E-state index < -0.39 is 11.6 Å². The molecular formula is C12H13ClF2N4. The molecule has 0 atom stereocenters. The molecule has 0 aliphatic carbocycles. The first-order valence-corrected chi connectivity index (χ1v) is 6.24. The molecule has 0 fully saturated rings. The Bertz CT molecular complexity index is 548. The summed E-state index contributed by atoms with van der Waals surface area (Å²) in [5, 5.41) is 6.87. The standard InChI is InChI=1S/C12H13ClF2N4/c1-2-3-19-11(17-7-18-19)6-16-12-9(13)4-8(14)5-10(12)15/h4-5,7,16H,2-3,6H2,1H3. The molecule has 0 saturated carbocycles. The molecule has 4 nitrogen and oxygen atoms in total. The van der Waals surface area contributed by atoms with Gasteiger partial charge in [-0.05, 0) is 12.5 Å². The minimum Gasteiger partial charge on any atom is -0.374 e. The molecule has 2 aromatic rings. The maximum atomic E-state index is 13.6. The van der Waals surface area contributed by atoms with E-state index in [1.54, 1.807) is 4.68 Å². The summed E-state index contributed by atoms with van der Waals surface area (Å²) in [6.07, 6.45) is 2.36. The molecule has 1 N–H and O–H groups in total. The van der Waals surface area contributed by atoms with Gasteiger partial charge in [0, 0.05) is 12.6 Å². The fourth-order valence-corrected chi connectivity index (χ4v) is 1.96. The van der Waals surface area contributed by atoms with Crippen LogP contribution in [0.3, 0.4) is 0 Å². The third-order valence-electron chi connectivity index (χ3n) is 2.56. The summed E-state index contributed by atoms with van der Waals surface area (Å²) in [7, 11) is 0. The van der Waals surface area contributed by atoms with E-state index in [0.717, 1.165) is 25.1 Å². The van der Waals surface area contributed by atoms with Gasteiger partial charge in [-0.3, -0.25) is 0 Å². The van der Waals surface area contributed by atoms with Crippen molar-refractivity contribution >= 4 is 17.3 Å². The number of anilines is 1. The average molecular weight is 287 g/mol. The number of nitrogens with zero attached hydrogens (tertiary/aromatic N) is 3. The van der Waals surface area contributed by atoms with Gasteiger partial charge in [0.25, 0.3) is 0 Å². The normalized spacial score (nSPS) is 10.7. The Kier molecular flexibility index (Phi) is 4.31. The number of hydrogen-bond acceptors (Lipinski definition) is 3. The lowest BCUT2D eigenvalue weighted by Gasteiger charge is -2.10. The first kappa shape index (κ1) is 13.7. The molecule has 2 rings (SSSR count). The second kappa shape index (κ2) is 5.97. The van der Waals surface area contributed by atoms with E-state index in [-0.39, 0.29) is 17.3 Å². The molecular weight excluding hydrogens is 274 g/mol. The van der Waals surface area contributed by atoms with Crippen molar-refractivity contribution in [1.82, 2.24) is 14.8 Å². The van der Waals surface area contributed by atoms with Crippen molar-refractivity contribution in [2.45, 2.75) is 26.4 Å². The summed E-state index contributed by atoms with van der Waals surface area (Å²) in [4.78, 5) is 4.08. The van der Waals surface area contributed by atoms with Gasteiger partial charge in [0.15, 0.2) is 5.82 Å². The maximum absolute atomic E-state index is 13.6. The Hall–Kier alpha value is -1.69. The Morgan fingerprint density at radius 1 is 1.37 bits per heavy atom. The smallest absolute Gasteiger partial charge is 0.150 e. The minimum atomic E-state index is -0.730. The fourth-order valence-electron chi connectivity index (χ4n) is 1.70. The van der Waals surface area contributed by atoms with E-state index >= 15 is 0 Å². The summed E-state index contributed by atoms with van der Waals surface area (Å²) >= 11 is 5.79. The summed E-state index contributed by atoms with van der Waals surface area (Å²) in [6.45, 7) is 3.02. The molecule has 1 aromatic heterocycles. The molecule has 1 aromatic carbocycles. The Labute approximate surface area is 114 Å². The van der Waals surface area contributed by atoms with E-state index in [9.17, 15) is 8.78 Å². The largest absolute Gasteiger partial charge is 0.374 e. The van der Waals surface area contributed by atoms with Gasteiger partial charge >= 0.3 is 0 Å². The molecule has 7 heteroatoms. The number of benzene rings is 1. The number of nitrogens with one attached hydrogen (secondary N) is 1. The first-order chi connectivity index (χ1) is 9.11. The van der Waals surface area contributed by atoms with Gasteiger partial charge in [-0.2, -0.15) is 5.10 Å². The van der Waals surface area contributed by atoms with E-state index in [4.69, 9.17) is 11.6 Å². The molecule has 102 valence electrons. The van der Waals surface area contributed by atoms with Gasteiger partial charge in [0.1, 0.15) is 18.0 Å². The van der Waals surface area contributed by atoms with Crippen LogP contribution < -0.4 is 5.32 Å². The van der Waals surface area contributed by atoms with E-state index in [1.165, 1.54) is 6.33 Å². The van der Waals surface area contributed by atoms with Crippen LogP contribution in [0.15, 0.2) is 18.5 Å². The van der Waals surface area contributed by atoms with Crippen LogP contribution in [-0.4, -0.2) is 14.8 Å². The second-order valence-corrected chi connectivity index (χ2v) is 4.40. The Balaban J connectivity index is 2.12. The highest BCUT2D eigenvalue weighted by molar-refractivity contribution is 6.33. The number of aromatic nitrogens is 3. The van der Waals surface area contributed by atoms with Crippen LogP contribution >= 0.6 is 11.6 Å². The van der Waals surface area contributed by atoms with Crippen molar-refractivity contribution < 1.29 is 8.78 Å². The monoisotopic (exact) mass is 286 g/mol. The van der Waals surface area contributed by atoms with Crippen molar-refractivity contribution in [1.29, 1.82) is 0 Å². The van der Waals surface area contributed by atoms with Gasteiger partial charge in [-0.1, -0.05) is 18.5 Å². The summed E-state index contributed by atoms with van der Waals surface area (Å²) in [5.74, 6) is -0.768. The van der Waals surface area contributed by atoms with Crippen LogP contribution in [0.25, 0.3) is 0 Å². The maximum Gasteiger partial charge on any atom is 0.150 e. The highest BCUT2D eigenvalue weighted by Gasteiger charge is 2.11. The molecule has 0 aliphatic rings. The van der Waals surface area contributed by atoms with Crippen LogP contribution in [0.2, 0.25) is 5.02 Å². The molecule has 0 amide bonds. The predicted molar refractivity (Wildman–Crippen MR) is 69.0 cm³/mol. The van der Waals surface area contributed by atoms with Gasteiger partial charge < -0.3 is 5.32 Å². The highest BCUT2D eigenvalue weighted by atomic mass is 35.5. The van der Waals surface area contributed by atoms with Gasteiger partial charge in [-0.25, -0.2) is 18.4 Å². The lowest BCUT2D eigenvalue weighted by atomic mass is 10.3. The molecule has 0 radical (unpaired) electrons. The Morgan fingerprint density at radius 2 is 2.16 bits per heavy atom. The lowest BCUT2D eigenvalue weighted by Crippen LogP contribution is -2.11. The average Bonchev–Trinajstić information content (AvgIpc) is 2.76. The minimum absolute atomic E-state index is 0.000873. The van der Waals surface area contributed by atoms with Gasteiger partial charge in [0.2, 0.25) is 0 Å². The number of rotatable bonds is 5. The van der Waals surface area contributed by atoms with Crippen molar-refractivity contribution in [2.24, 2.45) is 0 Å². The fraction of sp³-hybridized carbons (Fsp3) is 0.333. The molecule has 0 spiro atoms. The van der Waals surface area contributed by atoms with Crippen LogP contribution in [0.1, 0.15) is 19.2 Å². The summed E-state index contributed by atoms with van der Waals surface area (Å²) < 4.78 is 28.2. The van der Waals surface area contributed by atoms with Crippen molar-refractivity contribution in [3.63, 3.8) is 0 Å².